The Bertz CT molecular complexity index is 1590. The average molecular weight is 493 g/mol. The quantitative estimate of drug-likeness (QED) is 0.136. The predicted octanol–water partition coefficient (Wildman–Crippen LogP) is 5.18. The number of rotatable bonds is 4. The molecule has 0 radical (unpaired) electrons. The molecule has 3 heterocycles. The lowest BCUT2D eigenvalue weighted by molar-refractivity contribution is -0.384. The highest BCUT2D eigenvalue weighted by Crippen LogP contribution is 2.45. The fourth-order valence-electron chi connectivity index (χ4n) is 4.15. The number of aliphatic hydroxyl groups is 1. The zero-order chi connectivity index (χ0) is 25.0. The van der Waals surface area contributed by atoms with Crippen molar-refractivity contribution < 1.29 is 28.4 Å². The molecule has 2 aromatic heterocycles. The third-order valence-corrected chi connectivity index (χ3v) is 6.70. The Balaban J connectivity index is 1.77. The number of carbonyl (C=O) groups is 2. The number of carbonyl (C=O) groups excluding carboxylic acids is 2. The number of nitro benzene ring substituents is 1. The van der Waals surface area contributed by atoms with Crippen LogP contribution in [0.3, 0.4) is 0 Å². The van der Waals surface area contributed by atoms with Crippen LogP contribution in [0.2, 0.25) is 0 Å². The van der Waals surface area contributed by atoms with E-state index in [0.29, 0.717) is 21.7 Å². The van der Waals surface area contributed by atoms with Gasteiger partial charge in [-0.3, -0.25) is 24.6 Å². The van der Waals surface area contributed by atoms with E-state index in [-0.39, 0.29) is 27.5 Å². The Kier molecular flexibility index (Phi) is 5.21. The summed E-state index contributed by atoms with van der Waals surface area (Å²) in [6.07, 6.45) is 0. The lowest BCUT2D eigenvalue weighted by atomic mass is 9.95. The van der Waals surface area contributed by atoms with Crippen LogP contribution in [0.5, 0.6) is 0 Å². The molecular formula is C24H16FN3O6S. The highest BCUT2D eigenvalue weighted by Gasteiger charge is 2.48. The van der Waals surface area contributed by atoms with E-state index in [2.05, 4.69) is 4.98 Å². The molecule has 1 unspecified atom stereocenters. The molecule has 0 spiro atoms. The number of anilines is 1. The van der Waals surface area contributed by atoms with E-state index in [4.69, 9.17) is 4.42 Å². The number of aliphatic hydroxyl groups excluding tert-OH is 1. The zero-order valence-electron chi connectivity index (χ0n) is 18.3. The van der Waals surface area contributed by atoms with Crippen LogP contribution < -0.4 is 4.90 Å². The number of hydrogen-bond donors (Lipinski definition) is 1. The van der Waals surface area contributed by atoms with Gasteiger partial charge in [-0.2, -0.15) is 0 Å². The van der Waals surface area contributed by atoms with Gasteiger partial charge in [-0.25, -0.2) is 9.37 Å². The number of benzene rings is 2. The van der Waals surface area contributed by atoms with Crippen molar-refractivity contribution in [1.82, 2.24) is 4.98 Å². The Labute approximate surface area is 200 Å². The van der Waals surface area contributed by atoms with Gasteiger partial charge in [0.1, 0.15) is 23.1 Å². The number of nitro groups is 1. The van der Waals surface area contributed by atoms with Crippen molar-refractivity contribution in [1.29, 1.82) is 0 Å². The van der Waals surface area contributed by atoms with Gasteiger partial charge >= 0.3 is 5.91 Å². The van der Waals surface area contributed by atoms with Crippen LogP contribution in [0.25, 0.3) is 16.0 Å². The Morgan fingerprint density at radius 2 is 1.97 bits per heavy atom. The molecule has 4 aromatic rings. The topological polar surface area (TPSA) is 127 Å². The van der Waals surface area contributed by atoms with E-state index >= 15 is 0 Å². The number of thiazole rings is 1. The van der Waals surface area contributed by atoms with E-state index in [1.807, 2.05) is 0 Å². The van der Waals surface area contributed by atoms with Gasteiger partial charge in [-0.1, -0.05) is 23.5 Å². The van der Waals surface area contributed by atoms with Crippen molar-refractivity contribution >= 4 is 49.8 Å². The van der Waals surface area contributed by atoms with Crippen molar-refractivity contribution in [2.24, 2.45) is 0 Å². The molecule has 1 N–H and O–H groups in total. The van der Waals surface area contributed by atoms with E-state index in [1.165, 1.54) is 48.5 Å². The summed E-state index contributed by atoms with van der Waals surface area (Å²) in [5.41, 5.74) is 0.345. The molecule has 0 bridgehead atoms. The third kappa shape index (κ3) is 3.66. The number of hydrogen-bond acceptors (Lipinski definition) is 8. The minimum Gasteiger partial charge on any atom is -0.507 e. The number of amides is 1. The van der Waals surface area contributed by atoms with Crippen LogP contribution in [-0.2, 0) is 9.59 Å². The summed E-state index contributed by atoms with van der Waals surface area (Å²) >= 11 is 0.985. The summed E-state index contributed by atoms with van der Waals surface area (Å²) in [4.78, 5) is 42.8. The summed E-state index contributed by atoms with van der Waals surface area (Å²) in [7, 11) is 0. The maximum atomic E-state index is 13.7. The van der Waals surface area contributed by atoms with Crippen molar-refractivity contribution in [3.8, 4) is 0 Å². The van der Waals surface area contributed by atoms with Crippen molar-refractivity contribution in [3.63, 3.8) is 0 Å². The second kappa shape index (κ2) is 8.13. The standard InChI is InChI=1S/C24H16FN3O6S/c1-11-8-16(12(2)34-11)21(29)19-20(13-4-3-5-15(9-13)28(32)33)27(23(31)22(19)30)24-26-17-7-6-14(25)10-18(17)35-24/h3-10,20,29H,1-2H3. The van der Waals surface area contributed by atoms with Crippen LogP contribution in [0.15, 0.2) is 58.5 Å². The Morgan fingerprint density at radius 3 is 2.66 bits per heavy atom. The Morgan fingerprint density at radius 1 is 1.20 bits per heavy atom. The number of furan rings is 1. The number of Topliss-reactive ketones (excluding diaryl/α,β-unsaturated/α-hetero) is 1. The molecular weight excluding hydrogens is 477 g/mol. The molecule has 0 aliphatic carbocycles. The minimum absolute atomic E-state index is 0.0864. The molecule has 1 aliphatic heterocycles. The second-order valence-corrected chi connectivity index (χ2v) is 8.97. The number of aryl methyl sites for hydroxylation is 2. The lowest BCUT2D eigenvalue weighted by Crippen LogP contribution is -2.29. The van der Waals surface area contributed by atoms with Gasteiger partial charge in [0.05, 0.1) is 32.3 Å². The Hall–Kier alpha value is -4.38. The number of ketones is 1. The minimum atomic E-state index is -1.21. The first-order valence-electron chi connectivity index (χ1n) is 10.3. The van der Waals surface area contributed by atoms with Crippen LogP contribution in [0, 0.1) is 29.8 Å². The summed E-state index contributed by atoms with van der Waals surface area (Å²) in [5.74, 6) is -2.10. The third-order valence-electron chi connectivity index (χ3n) is 5.68. The molecule has 1 fully saturated rings. The molecule has 1 atom stereocenters. The van der Waals surface area contributed by atoms with Gasteiger partial charge in [0.25, 0.3) is 11.5 Å². The van der Waals surface area contributed by atoms with E-state index < -0.39 is 34.2 Å². The van der Waals surface area contributed by atoms with Gasteiger partial charge in [0, 0.05) is 12.1 Å². The molecule has 1 amide bonds. The SMILES string of the molecule is Cc1cc(C(O)=C2C(=O)C(=O)N(c3nc4ccc(F)cc4s3)C2c2cccc([N+](=O)[O-])c2)c(C)o1. The molecule has 176 valence electrons. The normalized spacial score (nSPS) is 17.5. The van der Waals surface area contributed by atoms with E-state index in [0.717, 1.165) is 16.2 Å². The molecule has 11 heteroatoms. The van der Waals surface area contributed by atoms with E-state index in [1.54, 1.807) is 13.8 Å². The van der Waals surface area contributed by atoms with Gasteiger partial charge in [0.2, 0.25) is 0 Å². The maximum Gasteiger partial charge on any atom is 0.301 e. The largest absolute Gasteiger partial charge is 0.507 e. The molecule has 1 aliphatic rings. The molecule has 35 heavy (non-hydrogen) atoms. The average Bonchev–Trinajstić information content (AvgIpc) is 3.46. The first-order valence-corrected chi connectivity index (χ1v) is 11.2. The number of fused-ring (bicyclic) bond motifs is 1. The van der Waals surface area contributed by atoms with Crippen LogP contribution >= 0.6 is 11.3 Å². The molecule has 5 rings (SSSR count). The van der Waals surface area contributed by atoms with Gasteiger partial charge in [-0.05, 0) is 43.7 Å². The smallest absolute Gasteiger partial charge is 0.301 e. The zero-order valence-corrected chi connectivity index (χ0v) is 19.1. The highest BCUT2D eigenvalue weighted by atomic mass is 32.1. The molecule has 9 nitrogen and oxygen atoms in total. The molecule has 1 saturated heterocycles. The summed E-state index contributed by atoms with van der Waals surface area (Å²) in [5, 5.41) is 22.7. The van der Waals surface area contributed by atoms with Crippen LogP contribution in [-0.4, -0.2) is 26.7 Å². The van der Waals surface area contributed by atoms with Crippen molar-refractivity contribution in [2.75, 3.05) is 4.90 Å². The van der Waals surface area contributed by atoms with E-state index in [9.17, 15) is 29.2 Å². The van der Waals surface area contributed by atoms with Crippen LogP contribution in [0.4, 0.5) is 15.2 Å². The summed E-state index contributed by atoms with van der Waals surface area (Å²) < 4.78 is 19.7. The number of halogens is 1. The summed E-state index contributed by atoms with van der Waals surface area (Å²) in [6, 6.07) is 9.70. The maximum absolute atomic E-state index is 13.7. The number of nitrogens with zero attached hydrogens (tertiary/aromatic N) is 3. The fourth-order valence-corrected chi connectivity index (χ4v) is 5.17. The lowest BCUT2D eigenvalue weighted by Gasteiger charge is -2.22. The first-order chi connectivity index (χ1) is 16.7. The molecule has 2 aromatic carbocycles. The van der Waals surface area contributed by atoms with Crippen LogP contribution in [0.1, 0.15) is 28.7 Å². The van der Waals surface area contributed by atoms with Crippen molar-refractivity contribution in [2.45, 2.75) is 19.9 Å². The van der Waals surface area contributed by atoms with Gasteiger partial charge in [0.15, 0.2) is 5.13 Å². The number of non-ortho nitro benzene ring substituents is 1. The predicted molar refractivity (Wildman–Crippen MR) is 126 cm³/mol. The van der Waals surface area contributed by atoms with Gasteiger partial charge < -0.3 is 9.52 Å². The second-order valence-electron chi connectivity index (χ2n) is 7.96. The highest BCUT2D eigenvalue weighted by molar-refractivity contribution is 7.22. The van der Waals surface area contributed by atoms with Crippen molar-refractivity contribution in [3.05, 3.63) is 92.7 Å². The first kappa shape index (κ1) is 22.4. The number of aromatic nitrogens is 1. The summed E-state index contributed by atoms with van der Waals surface area (Å²) in [6.45, 7) is 3.27. The molecule has 0 saturated carbocycles. The monoisotopic (exact) mass is 493 g/mol. The fraction of sp³-hybridized carbons (Fsp3) is 0.125. The van der Waals surface area contributed by atoms with Gasteiger partial charge in [-0.15, -0.1) is 0 Å².